The third kappa shape index (κ3) is 4.71. The van der Waals surface area contributed by atoms with E-state index in [1.807, 2.05) is 13.8 Å². The second-order valence-electron chi connectivity index (χ2n) is 8.34. The molecule has 1 N–H and O–H groups in total. The average molecular weight is 496 g/mol. The van der Waals surface area contributed by atoms with Gasteiger partial charge in [-0.25, -0.2) is 22.2 Å². The summed E-state index contributed by atoms with van der Waals surface area (Å²) in [5, 5.41) is 2.71. The zero-order valence-electron chi connectivity index (χ0n) is 18.3. The fourth-order valence-electron chi connectivity index (χ4n) is 4.11. The summed E-state index contributed by atoms with van der Waals surface area (Å²) in [6.07, 6.45) is 0.946. The van der Waals surface area contributed by atoms with Gasteiger partial charge in [-0.15, -0.1) is 0 Å². The number of aromatic nitrogens is 1. The van der Waals surface area contributed by atoms with E-state index in [1.54, 1.807) is 0 Å². The van der Waals surface area contributed by atoms with Crippen molar-refractivity contribution in [3.8, 4) is 5.75 Å². The van der Waals surface area contributed by atoms with E-state index >= 15 is 0 Å². The standard InChI is InChI=1S/C22H23F2N3O4S2/c1-12-6-13(2)11-27(10-12)33(29,30)20-7-14(4-5-18(20)31-3)21(28)26-22-25-17-8-15(23)16(24)9-19(17)32-22/h4-5,7-9,12-13H,6,10-11H2,1-3H3,(H,25,26,28). The molecule has 0 aliphatic carbocycles. The van der Waals surface area contributed by atoms with E-state index in [2.05, 4.69) is 10.3 Å². The van der Waals surface area contributed by atoms with Gasteiger partial charge in [0.25, 0.3) is 5.91 Å². The van der Waals surface area contributed by atoms with Gasteiger partial charge in [0.05, 0.1) is 17.3 Å². The van der Waals surface area contributed by atoms with Gasteiger partial charge in [-0.2, -0.15) is 4.31 Å². The number of hydrogen-bond acceptors (Lipinski definition) is 6. The molecule has 1 amide bonds. The molecule has 0 bridgehead atoms. The number of fused-ring (bicyclic) bond motifs is 1. The van der Waals surface area contributed by atoms with Crippen LogP contribution in [0.3, 0.4) is 0 Å². The fourth-order valence-corrected chi connectivity index (χ4v) is 6.84. The first kappa shape index (κ1) is 23.5. The highest BCUT2D eigenvalue weighted by Gasteiger charge is 2.34. The van der Waals surface area contributed by atoms with Crippen molar-refractivity contribution in [1.82, 2.24) is 9.29 Å². The van der Waals surface area contributed by atoms with Crippen LogP contribution in [-0.2, 0) is 10.0 Å². The second-order valence-corrected chi connectivity index (χ2v) is 11.3. The average Bonchev–Trinajstić information content (AvgIpc) is 3.13. The van der Waals surface area contributed by atoms with Crippen LogP contribution in [0.4, 0.5) is 13.9 Å². The second kappa shape index (κ2) is 8.96. The Kier molecular flexibility index (Phi) is 6.39. The summed E-state index contributed by atoms with van der Waals surface area (Å²) in [6, 6.07) is 6.12. The number of ether oxygens (including phenoxy) is 1. The molecular formula is C22H23F2N3O4S2. The monoisotopic (exact) mass is 495 g/mol. The molecule has 11 heteroatoms. The highest BCUT2D eigenvalue weighted by Crippen LogP contribution is 2.33. The molecule has 2 aromatic carbocycles. The van der Waals surface area contributed by atoms with Crippen molar-refractivity contribution >= 4 is 42.6 Å². The lowest BCUT2D eigenvalue weighted by molar-refractivity contribution is 0.102. The van der Waals surface area contributed by atoms with E-state index in [0.717, 1.165) is 29.9 Å². The van der Waals surface area contributed by atoms with E-state index in [-0.39, 0.29) is 38.7 Å². The molecule has 2 atom stereocenters. The smallest absolute Gasteiger partial charge is 0.257 e. The zero-order valence-corrected chi connectivity index (χ0v) is 19.9. The Morgan fingerprint density at radius 1 is 1.15 bits per heavy atom. The van der Waals surface area contributed by atoms with E-state index in [9.17, 15) is 22.0 Å². The van der Waals surface area contributed by atoms with Crippen LogP contribution in [-0.4, -0.2) is 43.8 Å². The third-order valence-electron chi connectivity index (χ3n) is 5.53. The summed E-state index contributed by atoms with van der Waals surface area (Å²) < 4.78 is 60.8. The van der Waals surface area contributed by atoms with Gasteiger partial charge in [-0.1, -0.05) is 25.2 Å². The lowest BCUT2D eigenvalue weighted by Crippen LogP contribution is -2.42. The number of carbonyl (C=O) groups excluding carboxylic acids is 1. The first-order chi connectivity index (χ1) is 15.6. The molecule has 176 valence electrons. The molecule has 2 heterocycles. The molecule has 1 aliphatic heterocycles. The Morgan fingerprint density at radius 2 is 1.82 bits per heavy atom. The van der Waals surface area contributed by atoms with Gasteiger partial charge in [-0.3, -0.25) is 10.1 Å². The van der Waals surface area contributed by atoms with Gasteiger partial charge >= 0.3 is 0 Å². The molecular weight excluding hydrogens is 472 g/mol. The number of carbonyl (C=O) groups is 1. The van der Waals surface area contributed by atoms with Crippen molar-refractivity contribution in [1.29, 1.82) is 0 Å². The van der Waals surface area contributed by atoms with Crippen molar-refractivity contribution < 1.29 is 26.7 Å². The normalized spacial score (nSPS) is 19.5. The van der Waals surface area contributed by atoms with E-state index in [4.69, 9.17) is 4.74 Å². The molecule has 4 rings (SSSR count). The fraction of sp³-hybridized carbons (Fsp3) is 0.364. The lowest BCUT2D eigenvalue weighted by Gasteiger charge is -2.34. The third-order valence-corrected chi connectivity index (χ3v) is 8.32. The number of sulfonamides is 1. The molecule has 0 spiro atoms. The molecule has 0 radical (unpaired) electrons. The van der Waals surface area contributed by atoms with Gasteiger partial charge in [0.1, 0.15) is 10.6 Å². The van der Waals surface area contributed by atoms with Crippen molar-refractivity contribution in [2.45, 2.75) is 25.2 Å². The molecule has 7 nitrogen and oxygen atoms in total. The van der Waals surface area contributed by atoms with Crippen LogP contribution in [0, 0.1) is 23.5 Å². The number of nitrogens with one attached hydrogen (secondary N) is 1. The number of piperidine rings is 1. The van der Waals surface area contributed by atoms with Crippen molar-refractivity contribution in [3.63, 3.8) is 0 Å². The number of thiazole rings is 1. The number of methoxy groups -OCH3 is 1. The predicted molar refractivity (Wildman–Crippen MR) is 122 cm³/mol. The number of benzene rings is 2. The summed E-state index contributed by atoms with van der Waals surface area (Å²) >= 11 is 0.983. The number of rotatable bonds is 5. The van der Waals surface area contributed by atoms with Gasteiger partial charge < -0.3 is 4.74 Å². The molecule has 1 fully saturated rings. The highest BCUT2D eigenvalue weighted by molar-refractivity contribution is 7.89. The number of hydrogen-bond donors (Lipinski definition) is 1. The number of amides is 1. The van der Waals surface area contributed by atoms with E-state index in [1.165, 1.54) is 29.6 Å². The predicted octanol–water partition coefficient (Wildman–Crippen LogP) is 4.50. The molecule has 0 saturated carbocycles. The maximum Gasteiger partial charge on any atom is 0.257 e. The van der Waals surface area contributed by atoms with E-state index < -0.39 is 27.6 Å². The summed E-state index contributed by atoms with van der Waals surface area (Å²) in [7, 11) is -2.53. The van der Waals surface area contributed by atoms with Gasteiger partial charge in [-0.05, 0) is 42.5 Å². The van der Waals surface area contributed by atoms with Gasteiger partial charge in [0.15, 0.2) is 16.8 Å². The van der Waals surface area contributed by atoms with Gasteiger partial charge in [0, 0.05) is 24.7 Å². The first-order valence-electron chi connectivity index (χ1n) is 10.3. The highest BCUT2D eigenvalue weighted by atomic mass is 32.2. The SMILES string of the molecule is COc1ccc(C(=O)Nc2nc3cc(F)c(F)cc3s2)cc1S(=O)(=O)N1CC(C)CC(C)C1. The minimum absolute atomic E-state index is 0.0871. The van der Waals surface area contributed by atoms with Crippen LogP contribution in [0.15, 0.2) is 35.2 Å². The number of nitrogens with zero attached hydrogens (tertiary/aromatic N) is 2. The van der Waals surface area contributed by atoms with Crippen molar-refractivity contribution in [2.24, 2.45) is 11.8 Å². The molecule has 3 aromatic rings. The Bertz CT molecular complexity index is 1280. The summed E-state index contributed by atoms with van der Waals surface area (Å²) in [6.45, 7) is 4.81. The zero-order chi connectivity index (χ0) is 23.9. The maximum absolute atomic E-state index is 13.5. The Labute approximate surface area is 194 Å². The molecule has 1 aliphatic rings. The largest absolute Gasteiger partial charge is 0.495 e. The minimum Gasteiger partial charge on any atom is -0.495 e. The van der Waals surface area contributed by atoms with Crippen molar-refractivity contribution in [3.05, 3.63) is 47.5 Å². The van der Waals surface area contributed by atoms with Crippen LogP contribution >= 0.6 is 11.3 Å². The molecule has 2 unspecified atom stereocenters. The molecule has 1 aromatic heterocycles. The summed E-state index contributed by atoms with van der Waals surface area (Å²) in [4.78, 5) is 16.9. The minimum atomic E-state index is -3.90. The maximum atomic E-state index is 13.5. The topological polar surface area (TPSA) is 88.6 Å². The quantitative estimate of drug-likeness (QED) is 0.563. The first-order valence-corrected chi connectivity index (χ1v) is 12.6. The summed E-state index contributed by atoms with van der Waals surface area (Å²) in [5.74, 6) is -2.06. The molecule has 33 heavy (non-hydrogen) atoms. The van der Waals surface area contributed by atoms with Crippen LogP contribution < -0.4 is 10.1 Å². The summed E-state index contributed by atoms with van der Waals surface area (Å²) in [5.41, 5.74) is 0.296. The van der Waals surface area contributed by atoms with Crippen molar-refractivity contribution in [2.75, 3.05) is 25.5 Å². The van der Waals surface area contributed by atoms with Crippen LogP contribution in [0.25, 0.3) is 10.2 Å². The number of anilines is 1. The van der Waals surface area contributed by atoms with Crippen LogP contribution in [0.5, 0.6) is 5.75 Å². The van der Waals surface area contributed by atoms with Crippen LogP contribution in [0.1, 0.15) is 30.6 Å². The molecule has 1 saturated heterocycles. The number of halogens is 2. The Balaban J connectivity index is 1.64. The lowest BCUT2D eigenvalue weighted by atomic mass is 9.94. The van der Waals surface area contributed by atoms with Gasteiger partial charge in [0.2, 0.25) is 10.0 Å². The Morgan fingerprint density at radius 3 is 2.48 bits per heavy atom. The van der Waals surface area contributed by atoms with E-state index in [0.29, 0.717) is 17.8 Å². The van der Waals surface area contributed by atoms with Crippen LogP contribution in [0.2, 0.25) is 0 Å². The Hall–Kier alpha value is -2.63.